The van der Waals surface area contributed by atoms with E-state index >= 15 is 0 Å². The van der Waals surface area contributed by atoms with Gasteiger partial charge in [-0.2, -0.15) is 4.98 Å². The number of rotatable bonds is 3. The van der Waals surface area contributed by atoms with E-state index in [1.54, 1.807) is 23.2 Å². The summed E-state index contributed by atoms with van der Waals surface area (Å²) in [7, 11) is 0. The molecule has 0 aromatic carbocycles. The molecular weight excluding hydrogens is 382 g/mol. The number of fused-ring (bicyclic) bond motifs is 1. The van der Waals surface area contributed by atoms with Gasteiger partial charge in [0, 0.05) is 42.8 Å². The molecule has 1 saturated carbocycles. The van der Waals surface area contributed by atoms with Crippen LogP contribution in [0.2, 0.25) is 0 Å². The van der Waals surface area contributed by atoms with Crippen molar-refractivity contribution in [2.45, 2.75) is 77.0 Å². The Morgan fingerprint density at radius 2 is 1.83 bits per heavy atom. The Bertz CT molecular complexity index is 967. The maximum Gasteiger partial charge on any atom is 0.410 e. The number of amides is 1. The van der Waals surface area contributed by atoms with E-state index in [-0.39, 0.29) is 23.7 Å². The Hall–Kier alpha value is -2.64. The number of aromatic nitrogens is 3. The summed E-state index contributed by atoms with van der Waals surface area (Å²) in [6.45, 7) is 6.89. The van der Waals surface area contributed by atoms with Crippen LogP contribution in [-0.2, 0) is 4.74 Å². The van der Waals surface area contributed by atoms with Gasteiger partial charge in [-0.05, 0) is 52.5 Å². The highest BCUT2D eigenvalue weighted by molar-refractivity contribution is 5.75. The van der Waals surface area contributed by atoms with Crippen molar-refractivity contribution in [1.82, 2.24) is 19.4 Å². The van der Waals surface area contributed by atoms with E-state index in [1.165, 1.54) is 0 Å². The van der Waals surface area contributed by atoms with Gasteiger partial charge in [0.25, 0.3) is 5.56 Å². The lowest BCUT2D eigenvalue weighted by Crippen LogP contribution is -2.44. The quantitative estimate of drug-likeness (QED) is 0.825. The standard InChI is InChI=1S/C22H31N5O3/c1-22(2,3)30-21(29)26-12-10-16(11-13-26)24-20-23-14-15-8-9-18(28)27(19(15)25-20)17-6-4-5-7-17/h8-9,14,16-17H,4-7,10-13H2,1-3H3,(H,23,24,25). The van der Waals surface area contributed by atoms with Gasteiger partial charge in [-0.15, -0.1) is 0 Å². The molecule has 162 valence electrons. The van der Waals surface area contributed by atoms with Gasteiger partial charge in [-0.1, -0.05) is 12.8 Å². The topological polar surface area (TPSA) is 89.4 Å². The van der Waals surface area contributed by atoms with Crippen LogP contribution in [0.3, 0.4) is 0 Å². The van der Waals surface area contributed by atoms with Crippen LogP contribution in [0.1, 0.15) is 65.3 Å². The first-order valence-electron chi connectivity index (χ1n) is 10.9. The summed E-state index contributed by atoms with van der Waals surface area (Å²) in [6, 6.07) is 3.81. The van der Waals surface area contributed by atoms with E-state index in [1.807, 2.05) is 25.3 Å². The molecule has 2 aromatic rings. The zero-order chi connectivity index (χ0) is 21.3. The molecule has 2 aromatic heterocycles. The molecule has 0 spiro atoms. The summed E-state index contributed by atoms with van der Waals surface area (Å²) in [5.74, 6) is 0.538. The molecule has 1 amide bonds. The Morgan fingerprint density at radius 3 is 2.50 bits per heavy atom. The lowest BCUT2D eigenvalue weighted by atomic mass is 10.1. The molecule has 2 aliphatic rings. The second-order valence-corrected chi connectivity index (χ2v) is 9.34. The predicted molar refractivity (Wildman–Crippen MR) is 116 cm³/mol. The third-order valence-corrected chi connectivity index (χ3v) is 5.84. The van der Waals surface area contributed by atoms with Gasteiger partial charge in [-0.25, -0.2) is 9.78 Å². The second-order valence-electron chi connectivity index (χ2n) is 9.34. The Morgan fingerprint density at radius 1 is 1.13 bits per heavy atom. The Balaban J connectivity index is 1.45. The van der Waals surface area contributed by atoms with Gasteiger partial charge >= 0.3 is 6.09 Å². The van der Waals surface area contributed by atoms with Crippen LogP contribution in [0.15, 0.2) is 23.1 Å². The molecule has 1 N–H and O–H groups in total. The minimum atomic E-state index is -0.486. The number of carbonyl (C=O) groups is 1. The van der Waals surface area contributed by atoms with Gasteiger partial charge in [0.05, 0.1) is 0 Å². The number of hydrogen-bond donors (Lipinski definition) is 1. The van der Waals surface area contributed by atoms with E-state index < -0.39 is 5.60 Å². The van der Waals surface area contributed by atoms with Crippen molar-refractivity contribution in [3.05, 3.63) is 28.7 Å². The maximum atomic E-state index is 12.6. The summed E-state index contributed by atoms with van der Waals surface area (Å²) >= 11 is 0. The van der Waals surface area contributed by atoms with Crippen LogP contribution < -0.4 is 10.9 Å². The number of pyridine rings is 1. The molecule has 8 heteroatoms. The summed E-state index contributed by atoms with van der Waals surface area (Å²) in [5.41, 5.74) is 0.225. The monoisotopic (exact) mass is 413 g/mol. The largest absolute Gasteiger partial charge is 0.444 e. The highest BCUT2D eigenvalue weighted by Gasteiger charge is 2.27. The SMILES string of the molecule is CC(C)(C)OC(=O)N1CCC(Nc2ncc3ccc(=O)n(C4CCCC4)c3n2)CC1. The van der Waals surface area contributed by atoms with Crippen LogP contribution in [0.4, 0.5) is 10.7 Å². The summed E-state index contributed by atoms with van der Waals surface area (Å²) in [4.78, 5) is 35.7. The molecule has 4 rings (SSSR count). The predicted octanol–water partition coefficient (Wildman–Crippen LogP) is 3.72. The summed E-state index contributed by atoms with van der Waals surface area (Å²) in [5, 5.41) is 4.28. The number of nitrogens with zero attached hydrogens (tertiary/aromatic N) is 4. The van der Waals surface area contributed by atoms with Gasteiger partial charge < -0.3 is 15.0 Å². The van der Waals surface area contributed by atoms with E-state index in [2.05, 4.69) is 10.3 Å². The molecule has 1 saturated heterocycles. The Labute approximate surface area is 176 Å². The van der Waals surface area contributed by atoms with Crippen LogP contribution in [0.5, 0.6) is 0 Å². The third-order valence-electron chi connectivity index (χ3n) is 5.84. The number of nitrogens with one attached hydrogen (secondary N) is 1. The fourth-order valence-electron chi connectivity index (χ4n) is 4.34. The van der Waals surface area contributed by atoms with Crippen molar-refractivity contribution in [3.8, 4) is 0 Å². The average Bonchev–Trinajstić information content (AvgIpc) is 3.21. The zero-order valence-electron chi connectivity index (χ0n) is 18.1. The van der Waals surface area contributed by atoms with Crippen LogP contribution in [-0.4, -0.2) is 50.3 Å². The number of piperidine rings is 1. The molecule has 0 atom stereocenters. The van der Waals surface area contributed by atoms with E-state index in [0.29, 0.717) is 24.7 Å². The van der Waals surface area contributed by atoms with Crippen molar-refractivity contribution in [2.75, 3.05) is 18.4 Å². The summed E-state index contributed by atoms with van der Waals surface area (Å²) in [6.07, 6.45) is 7.47. The molecule has 3 heterocycles. The average molecular weight is 414 g/mol. The lowest BCUT2D eigenvalue weighted by molar-refractivity contribution is 0.0210. The molecule has 0 radical (unpaired) electrons. The molecule has 2 fully saturated rings. The normalized spacial score (nSPS) is 18.7. The van der Waals surface area contributed by atoms with Crippen molar-refractivity contribution in [2.24, 2.45) is 0 Å². The molecule has 8 nitrogen and oxygen atoms in total. The molecular formula is C22H31N5O3. The number of ether oxygens (including phenoxy) is 1. The smallest absolute Gasteiger partial charge is 0.410 e. The van der Waals surface area contributed by atoms with E-state index in [9.17, 15) is 9.59 Å². The molecule has 1 aliphatic heterocycles. The molecule has 30 heavy (non-hydrogen) atoms. The highest BCUT2D eigenvalue weighted by Crippen LogP contribution is 2.30. The first-order valence-corrected chi connectivity index (χ1v) is 10.9. The fraction of sp³-hybridized carbons (Fsp3) is 0.636. The number of hydrogen-bond acceptors (Lipinski definition) is 6. The van der Waals surface area contributed by atoms with Gasteiger partial charge in [0.15, 0.2) is 0 Å². The number of likely N-dealkylation sites (tertiary alicyclic amines) is 1. The summed E-state index contributed by atoms with van der Waals surface area (Å²) < 4.78 is 7.31. The fourth-order valence-corrected chi connectivity index (χ4v) is 4.34. The van der Waals surface area contributed by atoms with Crippen LogP contribution in [0.25, 0.3) is 11.0 Å². The molecule has 0 unspecified atom stereocenters. The number of anilines is 1. The van der Waals surface area contributed by atoms with Gasteiger partial charge in [-0.3, -0.25) is 9.36 Å². The minimum absolute atomic E-state index is 0.00437. The van der Waals surface area contributed by atoms with Crippen molar-refractivity contribution in [3.63, 3.8) is 0 Å². The lowest BCUT2D eigenvalue weighted by Gasteiger charge is -2.33. The first-order chi connectivity index (χ1) is 14.3. The highest BCUT2D eigenvalue weighted by atomic mass is 16.6. The molecule has 1 aliphatic carbocycles. The van der Waals surface area contributed by atoms with Gasteiger partial charge in [0.1, 0.15) is 11.2 Å². The Kier molecular flexibility index (Phi) is 5.66. The van der Waals surface area contributed by atoms with Crippen LogP contribution in [0, 0.1) is 0 Å². The van der Waals surface area contributed by atoms with E-state index in [4.69, 9.17) is 9.72 Å². The minimum Gasteiger partial charge on any atom is -0.444 e. The molecule has 0 bridgehead atoms. The first kappa shape index (κ1) is 20.6. The number of carbonyl (C=O) groups excluding carboxylic acids is 1. The van der Waals surface area contributed by atoms with Crippen LogP contribution >= 0.6 is 0 Å². The van der Waals surface area contributed by atoms with E-state index in [0.717, 1.165) is 43.9 Å². The third kappa shape index (κ3) is 4.57. The van der Waals surface area contributed by atoms with Crippen molar-refractivity contribution < 1.29 is 9.53 Å². The maximum absolute atomic E-state index is 12.6. The van der Waals surface area contributed by atoms with Crippen molar-refractivity contribution >= 4 is 23.1 Å². The van der Waals surface area contributed by atoms with Crippen molar-refractivity contribution in [1.29, 1.82) is 0 Å². The van der Waals surface area contributed by atoms with Gasteiger partial charge in [0.2, 0.25) is 5.95 Å². The zero-order valence-corrected chi connectivity index (χ0v) is 18.1. The second kappa shape index (κ2) is 8.24.